The summed E-state index contributed by atoms with van der Waals surface area (Å²) in [6.45, 7) is 4.92. The minimum atomic E-state index is 0.677. The fourth-order valence-corrected chi connectivity index (χ4v) is 2.36. The summed E-state index contributed by atoms with van der Waals surface area (Å²) in [5, 5.41) is 6.75. The number of hydrogen-bond donors (Lipinski definition) is 2. The first-order chi connectivity index (χ1) is 11.7. The number of aromatic nitrogens is 2. The van der Waals surface area contributed by atoms with Gasteiger partial charge in [0.1, 0.15) is 5.82 Å². The van der Waals surface area contributed by atoms with Crippen LogP contribution < -0.4 is 10.6 Å². The first kappa shape index (κ1) is 18.2. The Kier molecular flexibility index (Phi) is 7.49. The quantitative estimate of drug-likeness (QED) is 0.651. The normalized spacial score (nSPS) is 10.8. The average molecular weight is 327 g/mol. The highest BCUT2D eigenvalue weighted by atomic mass is 15.2. The molecule has 0 atom stereocenters. The summed E-state index contributed by atoms with van der Waals surface area (Å²) < 4.78 is 0. The second kappa shape index (κ2) is 9.88. The van der Waals surface area contributed by atoms with Gasteiger partial charge in [0, 0.05) is 31.3 Å². The van der Waals surface area contributed by atoms with E-state index < -0.39 is 0 Å². The number of nitrogens with one attached hydrogen (secondary N) is 2. The maximum Gasteiger partial charge on any atom is 0.225 e. The molecule has 0 spiro atoms. The number of benzene rings is 1. The van der Waals surface area contributed by atoms with E-state index in [2.05, 4.69) is 58.7 Å². The number of likely N-dealkylation sites (N-methyl/N-ethyl adjacent to an activating group) is 1. The lowest BCUT2D eigenvalue weighted by molar-refractivity contribution is 0.425. The summed E-state index contributed by atoms with van der Waals surface area (Å²) in [5.74, 6) is 1.56. The lowest BCUT2D eigenvalue weighted by Gasteiger charge is -2.13. The Bertz CT molecular complexity index is 598. The van der Waals surface area contributed by atoms with E-state index in [-0.39, 0.29) is 0 Å². The van der Waals surface area contributed by atoms with Crippen molar-refractivity contribution in [2.45, 2.75) is 26.2 Å². The van der Waals surface area contributed by atoms with Crippen LogP contribution >= 0.6 is 0 Å². The molecule has 5 heteroatoms. The van der Waals surface area contributed by atoms with Gasteiger partial charge in [0.25, 0.3) is 0 Å². The monoisotopic (exact) mass is 327 g/mol. The number of hydrogen-bond acceptors (Lipinski definition) is 5. The standard InChI is InChI=1S/C19H29N5/c1-4-5-9-12-20-18-15-17(16-10-7-6-8-11-16)22-19(23-18)21-13-14-24(2)3/h6-8,10-11,15H,4-5,9,12-14H2,1-3H3,(H2,20,21,22,23). The fraction of sp³-hybridized carbons (Fsp3) is 0.474. The van der Waals surface area contributed by atoms with E-state index in [0.29, 0.717) is 5.95 Å². The van der Waals surface area contributed by atoms with E-state index >= 15 is 0 Å². The van der Waals surface area contributed by atoms with Gasteiger partial charge in [-0.25, -0.2) is 4.98 Å². The topological polar surface area (TPSA) is 53.1 Å². The summed E-state index contributed by atoms with van der Waals surface area (Å²) >= 11 is 0. The summed E-state index contributed by atoms with van der Waals surface area (Å²) in [4.78, 5) is 11.4. The minimum Gasteiger partial charge on any atom is -0.370 e. The van der Waals surface area contributed by atoms with Gasteiger partial charge in [-0.05, 0) is 20.5 Å². The van der Waals surface area contributed by atoms with E-state index in [9.17, 15) is 0 Å². The molecule has 0 aliphatic heterocycles. The van der Waals surface area contributed by atoms with Gasteiger partial charge in [-0.2, -0.15) is 4.98 Å². The van der Waals surface area contributed by atoms with Crippen molar-refractivity contribution in [2.75, 3.05) is 44.4 Å². The van der Waals surface area contributed by atoms with Gasteiger partial charge in [-0.15, -0.1) is 0 Å². The molecule has 0 bridgehead atoms. The maximum atomic E-state index is 4.66. The Hall–Kier alpha value is -2.14. The summed E-state index contributed by atoms with van der Waals surface area (Å²) in [7, 11) is 4.12. The highest BCUT2D eigenvalue weighted by Crippen LogP contribution is 2.21. The van der Waals surface area contributed by atoms with Gasteiger partial charge >= 0.3 is 0 Å². The molecule has 130 valence electrons. The zero-order chi connectivity index (χ0) is 17.2. The van der Waals surface area contributed by atoms with Crippen molar-refractivity contribution in [2.24, 2.45) is 0 Å². The highest BCUT2D eigenvalue weighted by Gasteiger charge is 2.06. The van der Waals surface area contributed by atoms with Crippen LogP contribution in [-0.4, -0.2) is 48.6 Å². The SMILES string of the molecule is CCCCCNc1cc(-c2ccccc2)nc(NCCN(C)C)n1. The Morgan fingerprint density at radius 2 is 1.75 bits per heavy atom. The number of anilines is 2. The predicted octanol–water partition coefficient (Wildman–Crippen LogP) is 3.72. The number of nitrogens with zero attached hydrogens (tertiary/aromatic N) is 3. The average Bonchev–Trinajstić information content (AvgIpc) is 2.59. The molecular formula is C19H29N5. The smallest absolute Gasteiger partial charge is 0.225 e. The van der Waals surface area contributed by atoms with Crippen molar-refractivity contribution >= 4 is 11.8 Å². The third-order valence-electron chi connectivity index (χ3n) is 3.72. The van der Waals surface area contributed by atoms with Gasteiger partial charge in [-0.1, -0.05) is 50.1 Å². The molecule has 24 heavy (non-hydrogen) atoms. The lowest BCUT2D eigenvalue weighted by Crippen LogP contribution is -2.21. The zero-order valence-electron chi connectivity index (χ0n) is 15.0. The third-order valence-corrected chi connectivity index (χ3v) is 3.72. The third kappa shape index (κ3) is 6.16. The number of unbranched alkanes of at least 4 members (excludes halogenated alkanes) is 2. The molecule has 0 unspecified atom stereocenters. The van der Waals surface area contributed by atoms with Crippen molar-refractivity contribution < 1.29 is 0 Å². The summed E-state index contributed by atoms with van der Waals surface area (Å²) in [5.41, 5.74) is 2.04. The molecule has 0 amide bonds. The van der Waals surface area contributed by atoms with Gasteiger partial charge in [-0.3, -0.25) is 0 Å². The zero-order valence-corrected chi connectivity index (χ0v) is 15.0. The van der Waals surface area contributed by atoms with E-state index in [4.69, 9.17) is 0 Å². The van der Waals surface area contributed by atoms with Crippen LogP contribution in [0, 0.1) is 0 Å². The summed E-state index contributed by atoms with van der Waals surface area (Å²) in [6, 6.07) is 12.3. The van der Waals surface area contributed by atoms with Crippen LogP contribution in [0.4, 0.5) is 11.8 Å². The second-order valence-electron chi connectivity index (χ2n) is 6.19. The molecule has 1 aromatic heterocycles. The van der Waals surface area contributed by atoms with Gasteiger partial charge < -0.3 is 15.5 Å². The molecule has 2 rings (SSSR count). The molecule has 0 saturated carbocycles. The molecule has 0 aliphatic carbocycles. The molecule has 1 heterocycles. The van der Waals surface area contributed by atoms with Gasteiger partial charge in [0.05, 0.1) is 5.69 Å². The lowest BCUT2D eigenvalue weighted by atomic mass is 10.1. The molecule has 2 N–H and O–H groups in total. The van der Waals surface area contributed by atoms with Crippen molar-refractivity contribution in [3.8, 4) is 11.3 Å². The van der Waals surface area contributed by atoms with E-state index in [0.717, 1.165) is 43.1 Å². The van der Waals surface area contributed by atoms with Crippen LogP contribution in [-0.2, 0) is 0 Å². The molecule has 0 fully saturated rings. The molecular weight excluding hydrogens is 298 g/mol. The Labute approximate surface area is 145 Å². The van der Waals surface area contributed by atoms with E-state index in [1.54, 1.807) is 0 Å². The van der Waals surface area contributed by atoms with Crippen molar-refractivity contribution in [3.05, 3.63) is 36.4 Å². The second-order valence-corrected chi connectivity index (χ2v) is 6.19. The van der Waals surface area contributed by atoms with Crippen LogP contribution in [0.1, 0.15) is 26.2 Å². The Morgan fingerprint density at radius 3 is 2.46 bits per heavy atom. The van der Waals surface area contributed by atoms with Crippen LogP contribution in [0.2, 0.25) is 0 Å². The maximum absolute atomic E-state index is 4.66. The van der Waals surface area contributed by atoms with Crippen molar-refractivity contribution in [1.82, 2.24) is 14.9 Å². The largest absolute Gasteiger partial charge is 0.370 e. The van der Waals surface area contributed by atoms with Crippen LogP contribution in [0.15, 0.2) is 36.4 Å². The molecule has 0 saturated heterocycles. The minimum absolute atomic E-state index is 0.677. The number of rotatable bonds is 10. The highest BCUT2D eigenvalue weighted by molar-refractivity contribution is 5.64. The molecule has 5 nitrogen and oxygen atoms in total. The van der Waals surface area contributed by atoms with Crippen LogP contribution in [0.25, 0.3) is 11.3 Å². The molecule has 0 aliphatic rings. The Balaban J connectivity index is 2.13. The first-order valence-electron chi connectivity index (χ1n) is 8.76. The molecule has 2 aromatic rings. The van der Waals surface area contributed by atoms with Crippen molar-refractivity contribution in [1.29, 1.82) is 0 Å². The summed E-state index contributed by atoms with van der Waals surface area (Å²) in [6.07, 6.45) is 3.61. The van der Waals surface area contributed by atoms with E-state index in [1.807, 2.05) is 24.3 Å². The Morgan fingerprint density at radius 1 is 0.958 bits per heavy atom. The van der Waals surface area contributed by atoms with Crippen LogP contribution in [0.3, 0.4) is 0 Å². The van der Waals surface area contributed by atoms with Crippen molar-refractivity contribution in [3.63, 3.8) is 0 Å². The fourth-order valence-electron chi connectivity index (χ4n) is 2.36. The molecule has 1 aromatic carbocycles. The molecule has 0 radical (unpaired) electrons. The van der Waals surface area contributed by atoms with Gasteiger partial charge in [0.15, 0.2) is 0 Å². The van der Waals surface area contributed by atoms with Gasteiger partial charge in [0.2, 0.25) is 5.95 Å². The first-order valence-corrected chi connectivity index (χ1v) is 8.76. The predicted molar refractivity (Wildman–Crippen MR) is 103 cm³/mol. The van der Waals surface area contributed by atoms with E-state index in [1.165, 1.54) is 12.8 Å². The van der Waals surface area contributed by atoms with Crippen LogP contribution in [0.5, 0.6) is 0 Å².